The van der Waals surface area contributed by atoms with E-state index in [2.05, 4.69) is 233 Å². The topological polar surface area (TPSA) is 84.8 Å². The summed E-state index contributed by atoms with van der Waals surface area (Å²) in [4.78, 5) is 0. The summed E-state index contributed by atoms with van der Waals surface area (Å²) in [6.07, 6.45) is 2.26. The van der Waals surface area contributed by atoms with Crippen molar-refractivity contribution in [2.45, 2.75) is 281 Å². The van der Waals surface area contributed by atoms with Gasteiger partial charge in [0.15, 0.2) is 49.9 Å². The number of halogens is 1. The molecule has 71 heavy (non-hydrogen) atoms. The minimum atomic E-state index is -2.02. The maximum absolute atomic E-state index is 10.7. The van der Waals surface area contributed by atoms with E-state index in [9.17, 15) is 5.11 Å². The smallest absolute Gasteiger partial charge is 0.192 e. The van der Waals surface area contributed by atoms with Gasteiger partial charge in [-0.05, 0) is 123 Å². The first-order chi connectivity index (χ1) is 31.8. The summed E-state index contributed by atoms with van der Waals surface area (Å²) in [5.41, 5.74) is 2.53. The second-order valence-corrected chi connectivity index (χ2v) is 57.2. The Morgan fingerprint density at radius 1 is 0.423 bits per heavy atom. The second kappa shape index (κ2) is 26.0. The normalized spacial score (nSPS) is 24.6. The van der Waals surface area contributed by atoms with Gasteiger partial charge < -0.3 is 36.4 Å². The maximum atomic E-state index is 10.7. The molecule has 8 nitrogen and oxygen atoms in total. The Labute approximate surface area is 452 Å². The van der Waals surface area contributed by atoms with E-state index in [0.717, 1.165) is 18.2 Å². The van der Waals surface area contributed by atoms with Crippen LogP contribution in [0.4, 0.5) is 0 Å². The molecule has 2 aromatic rings. The Kier molecular flexibility index (Phi) is 24.6. The zero-order chi connectivity index (χ0) is 55.0. The lowest BCUT2D eigenvalue weighted by molar-refractivity contribution is -0.118. The molecule has 4 atom stereocenters. The second-order valence-electron chi connectivity index (χ2n) is 28.7. The average molecular weight is 1160 g/mol. The highest BCUT2D eigenvalue weighted by molar-refractivity contribution is 9.08. The molecule has 0 amide bonds. The van der Waals surface area contributed by atoms with Crippen molar-refractivity contribution in [3.8, 4) is 0 Å². The summed E-state index contributed by atoms with van der Waals surface area (Å²) in [6.45, 7) is 60.0. The van der Waals surface area contributed by atoms with Crippen LogP contribution in [0.2, 0.25) is 112 Å². The molecule has 1 N–H and O–H groups in total. The van der Waals surface area contributed by atoms with E-state index in [1.54, 1.807) is 0 Å². The van der Waals surface area contributed by atoms with Crippen LogP contribution >= 0.6 is 15.9 Å². The van der Waals surface area contributed by atoms with E-state index in [1.165, 1.54) is 11.1 Å². The SMILES string of the molecule is BrCc1ccccc1.CC(C)(C)[Si](C)(C)O[C@@H]1CC(O)C[C@@H](O[Si](C)(C)C(C)(C)C)C1O[Si](C)(C)C.CC(C)(C)[Si](C)(C)O[C@@H]1CC(OCc2ccccc2)C[C@@H](O[Si](C)(C)C(C)(C)C)C1O[Si](C)(C)C. The lowest BCUT2D eigenvalue weighted by Crippen LogP contribution is -2.60. The molecule has 0 unspecified atom stereocenters. The molecule has 0 heterocycles. The largest absolute Gasteiger partial charge is 0.411 e. The summed E-state index contributed by atoms with van der Waals surface area (Å²) in [5.74, 6) is 0. The lowest BCUT2D eigenvalue weighted by atomic mass is 9.90. The van der Waals surface area contributed by atoms with E-state index in [1.807, 2.05) is 18.2 Å². The van der Waals surface area contributed by atoms with Crippen LogP contribution in [-0.4, -0.2) is 104 Å². The number of benzene rings is 2. The first kappa shape index (κ1) is 67.0. The van der Waals surface area contributed by atoms with E-state index in [0.29, 0.717) is 19.4 Å². The van der Waals surface area contributed by atoms with E-state index < -0.39 is 56.0 Å². The molecule has 0 bridgehead atoms. The van der Waals surface area contributed by atoms with Crippen LogP contribution in [-0.2, 0) is 43.2 Å². The number of hydrogen-bond donors (Lipinski definition) is 1. The fourth-order valence-corrected chi connectivity index (χ4v) is 15.5. The van der Waals surface area contributed by atoms with Gasteiger partial charge in [-0.1, -0.05) is 160 Å². The van der Waals surface area contributed by atoms with Gasteiger partial charge in [0, 0.05) is 31.0 Å². The molecule has 15 heteroatoms. The lowest BCUT2D eigenvalue weighted by Gasteiger charge is -2.50. The Bertz CT molecular complexity index is 1770. The number of hydrogen-bond acceptors (Lipinski definition) is 8. The van der Waals surface area contributed by atoms with Crippen LogP contribution in [0.25, 0.3) is 0 Å². The standard InChI is InChI=1S/C28H54O4Si3.C21H48O4Si3.C7H7Br/c1-27(2,3)34(10,11)30-24-19-23(29-21-22-17-15-14-16-18-22)20-25(26(24)32-33(7,8)9)31-35(12,13)28(4,5)6;1-20(2,3)27(10,11)23-17-14-16(22)15-18(19(17)25-26(7,8)9)24-28(12,13)21(4,5)6;8-6-7-4-2-1-3-5-7/h14-18,23-26H,19-21H2,1-13H3;16-19,22H,14-15H2,1-13H3;1-5H,6H2/t23?,24-,25-,26?;16?,17-,18-,19?;/m11./s1. The molecule has 0 spiro atoms. The van der Waals surface area contributed by atoms with Crippen molar-refractivity contribution < 1.29 is 36.4 Å². The first-order valence-electron chi connectivity index (χ1n) is 26.8. The third-order valence-electron chi connectivity index (χ3n) is 15.8. The van der Waals surface area contributed by atoms with E-state index >= 15 is 0 Å². The van der Waals surface area contributed by atoms with Crippen LogP contribution in [0, 0.1) is 0 Å². The van der Waals surface area contributed by atoms with Crippen LogP contribution in [0.15, 0.2) is 60.7 Å². The highest BCUT2D eigenvalue weighted by Crippen LogP contribution is 2.46. The monoisotopic (exact) mass is 1160 g/mol. The van der Waals surface area contributed by atoms with Gasteiger partial charge >= 0.3 is 0 Å². The fraction of sp³-hybridized carbons (Fsp3) is 0.786. The molecule has 2 aliphatic carbocycles. The van der Waals surface area contributed by atoms with Crippen LogP contribution < -0.4 is 0 Å². The Morgan fingerprint density at radius 2 is 0.690 bits per heavy atom. The fourth-order valence-electron chi connectivity index (χ4n) is 7.56. The molecular weight excluding hydrogens is 1050 g/mol. The van der Waals surface area contributed by atoms with Crippen molar-refractivity contribution in [3.63, 3.8) is 0 Å². The summed E-state index contributed by atoms with van der Waals surface area (Å²) in [5, 5.41) is 12.1. The minimum absolute atomic E-state index is 0.0214. The molecule has 0 aliphatic heterocycles. The molecule has 412 valence electrons. The molecule has 2 fully saturated rings. The van der Waals surface area contributed by atoms with Crippen molar-refractivity contribution in [2.75, 3.05) is 0 Å². The molecule has 2 saturated carbocycles. The molecule has 2 aromatic carbocycles. The van der Waals surface area contributed by atoms with Crippen molar-refractivity contribution in [1.82, 2.24) is 0 Å². The van der Waals surface area contributed by atoms with Gasteiger partial charge in [0.05, 0.1) is 55.4 Å². The van der Waals surface area contributed by atoms with Crippen molar-refractivity contribution >= 4 is 65.8 Å². The third kappa shape index (κ3) is 22.0. The summed E-state index contributed by atoms with van der Waals surface area (Å²) >= 11 is 3.36. The van der Waals surface area contributed by atoms with Gasteiger partial charge in [-0.2, -0.15) is 0 Å². The highest BCUT2D eigenvalue weighted by Gasteiger charge is 2.52. The van der Waals surface area contributed by atoms with E-state index in [4.69, 9.17) is 31.3 Å². The molecule has 0 radical (unpaired) electrons. The molecule has 2 aliphatic rings. The van der Waals surface area contributed by atoms with Crippen LogP contribution in [0.3, 0.4) is 0 Å². The van der Waals surface area contributed by atoms with Gasteiger partial charge in [-0.3, -0.25) is 0 Å². The molecule has 0 aromatic heterocycles. The predicted molar refractivity (Wildman–Crippen MR) is 323 cm³/mol. The van der Waals surface area contributed by atoms with E-state index in [-0.39, 0.29) is 62.9 Å². The van der Waals surface area contributed by atoms with Gasteiger partial charge in [-0.25, -0.2) is 0 Å². The molecule has 4 rings (SSSR count). The van der Waals surface area contributed by atoms with Crippen LogP contribution in [0.5, 0.6) is 0 Å². The van der Waals surface area contributed by atoms with Gasteiger partial charge in [0.1, 0.15) is 0 Å². The number of aliphatic hydroxyl groups excluding tert-OH is 1. The van der Waals surface area contributed by atoms with Crippen LogP contribution in [0.1, 0.15) is 120 Å². The number of alkyl halides is 1. The number of aliphatic hydroxyl groups is 1. The van der Waals surface area contributed by atoms with Gasteiger partial charge in [0.25, 0.3) is 0 Å². The zero-order valence-electron chi connectivity index (χ0n) is 50.3. The van der Waals surface area contributed by atoms with Crippen molar-refractivity contribution in [3.05, 3.63) is 71.8 Å². The zero-order valence-corrected chi connectivity index (χ0v) is 57.9. The highest BCUT2D eigenvalue weighted by atomic mass is 79.9. The van der Waals surface area contributed by atoms with Gasteiger partial charge in [-0.15, -0.1) is 0 Å². The minimum Gasteiger partial charge on any atom is -0.411 e. The summed E-state index contributed by atoms with van der Waals surface area (Å²) in [7, 11) is -11.6. The third-order valence-corrected chi connectivity index (χ3v) is 36.4. The Balaban J connectivity index is 0.000000427. The summed E-state index contributed by atoms with van der Waals surface area (Å²) < 4.78 is 48.0. The maximum Gasteiger partial charge on any atom is 0.192 e. The quantitative estimate of drug-likeness (QED) is 0.131. The molecular formula is C56H109BrO8Si6. The van der Waals surface area contributed by atoms with Crippen molar-refractivity contribution in [1.29, 1.82) is 0 Å². The number of ether oxygens (including phenoxy) is 1. The average Bonchev–Trinajstić information content (AvgIpc) is 3.18. The van der Waals surface area contributed by atoms with Gasteiger partial charge in [0.2, 0.25) is 0 Å². The predicted octanol–water partition coefficient (Wildman–Crippen LogP) is 17.1. The van der Waals surface area contributed by atoms with Crippen molar-refractivity contribution in [2.24, 2.45) is 0 Å². The first-order valence-corrected chi connectivity index (χ1v) is 46.4. The summed E-state index contributed by atoms with van der Waals surface area (Å²) in [6, 6.07) is 20.7. The number of rotatable bonds is 16. The Morgan fingerprint density at radius 3 is 0.930 bits per heavy atom. The Hall–Kier alpha value is -0.0987. The molecule has 0 saturated heterocycles.